The van der Waals surface area contributed by atoms with Crippen LogP contribution in [-0.4, -0.2) is 118 Å². The van der Waals surface area contributed by atoms with Gasteiger partial charge in [0.1, 0.15) is 11.6 Å². The molecule has 0 spiro atoms. The van der Waals surface area contributed by atoms with Crippen molar-refractivity contribution < 1.29 is 11.6 Å². The van der Waals surface area contributed by atoms with Gasteiger partial charge in [-0.05, 0) is 159 Å². The molecule has 3 saturated heterocycles. The maximum atomic E-state index is 13.0. The van der Waals surface area contributed by atoms with Gasteiger partial charge in [-0.25, -0.2) is 8.78 Å². The van der Waals surface area contributed by atoms with Gasteiger partial charge in [-0.1, -0.05) is 78.9 Å². The summed E-state index contributed by atoms with van der Waals surface area (Å²) in [5.74, 6) is 1.82. The lowest BCUT2D eigenvalue weighted by molar-refractivity contribution is 0.191. The first-order valence-corrected chi connectivity index (χ1v) is 27.0. The molecule has 9 heterocycles. The van der Waals surface area contributed by atoms with Gasteiger partial charge >= 0.3 is 0 Å². The third kappa shape index (κ3) is 8.89. The van der Waals surface area contributed by atoms with Crippen LogP contribution in [0.2, 0.25) is 0 Å². The summed E-state index contributed by atoms with van der Waals surface area (Å²) in [5, 5.41) is 0. The number of rotatable bonds is 11. The molecule has 0 radical (unpaired) electrons. The Labute approximate surface area is 413 Å². The number of likely N-dealkylation sites (tertiary alicyclic amines) is 3. The van der Waals surface area contributed by atoms with Gasteiger partial charge in [0.05, 0.1) is 0 Å². The molecule has 0 aliphatic carbocycles. The van der Waals surface area contributed by atoms with Crippen LogP contribution in [0.4, 0.5) is 25.8 Å². The van der Waals surface area contributed by atoms with E-state index in [1.54, 1.807) is 74.7 Å². The number of aryl methyl sites for hydroxylation is 1. The first-order chi connectivity index (χ1) is 34.0. The lowest BCUT2D eigenvalue weighted by Gasteiger charge is -2.38. The van der Waals surface area contributed by atoms with E-state index < -0.39 is 0 Å². The topological polar surface area (TPSA) is 45.5 Å². The Kier molecular flexibility index (Phi) is 13.0. The van der Waals surface area contributed by atoms with E-state index in [2.05, 4.69) is 84.0 Å². The maximum Gasteiger partial charge on any atom is 0.123 e. The molecule has 6 atom stereocenters. The molecule has 7 nitrogen and oxygen atoms in total. The van der Waals surface area contributed by atoms with Crippen molar-refractivity contribution in [3.05, 3.63) is 159 Å². The fourth-order valence-electron chi connectivity index (χ4n) is 14.7. The average Bonchev–Trinajstić information content (AvgIpc) is 4.26. The van der Waals surface area contributed by atoms with Crippen molar-refractivity contribution in [2.45, 2.75) is 107 Å². The molecule has 0 bridgehead atoms. The fourth-order valence-corrected chi connectivity index (χ4v) is 14.7. The summed E-state index contributed by atoms with van der Waals surface area (Å²) in [6.07, 6.45) is 13.2. The largest absolute Gasteiger partial charge is 0.367 e. The Morgan fingerprint density at radius 3 is 1.25 bits per heavy atom. The predicted octanol–water partition coefficient (Wildman–Crippen LogP) is 10.0. The van der Waals surface area contributed by atoms with Crippen molar-refractivity contribution in [3.8, 4) is 0 Å². The lowest BCUT2D eigenvalue weighted by atomic mass is 9.87. The molecule has 5 aromatic carbocycles. The highest BCUT2D eigenvalue weighted by Crippen LogP contribution is 2.51. The summed E-state index contributed by atoms with van der Waals surface area (Å²) >= 11 is 0. The minimum atomic E-state index is -0.146. The van der Waals surface area contributed by atoms with Crippen LogP contribution in [-0.2, 0) is 32.1 Å². The molecule has 5 aromatic rings. The van der Waals surface area contributed by atoms with Crippen molar-refractivity contribution >= 4 is 17.1 Å². The molecule has 9 aliphatic rings. The Morgan fingerprint density at radius 1 is 0.435 bits per heavy atom. The number of nitrogens with two attached hydrogens (primary N) is 1. The third-order valence-electron chi connectivity index (χ3n) is 18.0. The van der Waals surface area contributed by atoms with Crippen molar-refractivity contribution in [1.82, 2.24) is 14.7 Å². The standard InChI is InChI=1S/C22H25FN2.C21H23FN2.C17H25N3.2H2/c23-18-8-6-16(7-9-18)3-2-12-24-13-11-21-20(15-24)19-5-1-4-17-10-14-25(21)22(17)19;22-17-6-4-15(5-7-17)8-11-23-12-10-20-19(14-23)18-3-1-2-16-9-13-24(20)21(16)18;18-8-1-2-9-19-10-7-16-15(12-19)14-5-3-4-13-6-11-20(16)17(13)14;;/h1,4-9,20-21H,2-3,10-15H2;1-7,19-20H,8-14H2;3-5,15-16H,1-2,6-12,18H2;2*1H/t20-,21-;19-,20-;15-,16-;;/m111../s1. The van der Waals surface area contributed by atoms with Crippen LogP contribution in [0, 0.1) is 11.6 Å². The monoisotopic (exact) mass is 934 g/mol. The quantitative estimate of drug-likeness (QED) is 0.132. The first kappa shape index (κ1) is 45.3. The van der Waals surface area contributed by atoms with E-state index in [1.165, 1.54) is 122 Å². The predicted molar refractivity (Wildman–Crippen MR) is 283 cm³/mol. The van der Waals surface area contributed by atoms with Gasteiger partial charge in [-0.3, -0.25) is 0 Å². The van der Waals surface area contributed by atoms with Crippen molar-refractivity contribution in [2.24, 2.45) is 5.73 Å². The van der Waals surface area contributed by atoms with Crippen LogP contribution in [0.1, 0.15) is 104 Å². The zero-order valence-corrected chi connectivity index (χ0v) is 40.8. The normalized spacial score (nSPS) is 25.6. The van der Waals surface area contributed by atoms with Crippen LogP contribution >= 0.6 is 0 Å². The van der Waals surface area contributed by atoms with E-state index in [9.17, 15) is 8.78 Å². The van der Waals surface area contributed by atoms with E-state index in [0.29, 0.717) is 17.9 Å². The van der Waals surface area contributed by atoms with E-state index >= 15 is 0 Å². The van der Waals surface area contributed by atoms with Gasteiger partial charge in [-0.15, -0.1) is 0 Å². The number of benzene rings is 5. The van der Waals surface area contributed by atoms with Gasteiger partial charge in [-0.2, -0.15) is 0 Å². The SMILES string of the molecule is Fc1ccc(CCCN2CC[C@@H]3[C@H](C2)c2cccc4c2N3CC4)cc1.Fc1ccc(CCN2CC[C@@H]3[C@H](C2)c2cccc4c2N3CC4)cc1.NCCCCN1CC[C@@H]2[C@H](C1)c1cccc3c1N2CC3.[HH].[HH]. The van der Waals surface area contributed by atoms with Crippen molar-refractivity contribution in [2.75, 3.05) is 99.8 Å². The Hall–Kier alpha value is -4.80. The van der Waals surface area contributed by atoms with Crippen LogP contribution < -0.4 is 20.4 Å². The zero-order valence-electron chi connectivity index (χ0n) is 40.8. The summed E-state index contributed by atoms with van der Waals surface area (Å²) in [6, 6.07) is 37.0. The third-order valence-corrected chi connectivity index (χ3v) is 18.0. The maximum absolute atomic E-state index is 13.0. The second kappa shape index (κ2) is 19.8. The molecule has 0 aromatic heterocycles. The highest BCUT2D eigenvalue weighted by Gasteiger charge is 2.47. The van der Waals surface area contributed by atoms with Gasteiger partial charge in [0, 0.05) is 121 Å². The molecule has 9 heteroatoms. The molecular weight excluding hydrogens is 857 g/mol. The molecule has 0 unspecified atom stereocenters. The van der Waals surface area contributed by atoms with Crippen LogP contribution in [0.5, 0.6) is 0 Å². The van der Waals surface area contributed by atoms with E-state index in [1.807, 2.05) is 24.3 Å². The number of para-hydroxylation sites is 3. The van der Waals surface area contributed by atoms with Gasteiger partial charge in [0.25, 0.3) is 0 Å². The lowest BCUT2D eigenvalue weighted by Crippen LogP contribution is -2.46. The number of nitrogens with zero attached hydrogens (tertiary/aromatic N) is 6. The summed E-state index contributed by atoms with van der Waals surface area (Å²) in [6.45, 7) is 15.2. The Morgan fingerprint density at radius 2 is 0.826 bits per heavy atom. The van der Waals surface area contributed by atoms with Crippen LogP contribution in [0.3, 0.4) is 0 Å². The molecule has 0 saturated carbocycles. The van der Waals surface area contributed by atoms with E-state index in [0.717, 1.165) is 63.3 Å². The van der Waals surface area contributed by atoms with Crippen LogP contribution in [0.15, 0.2) is 103 Å². The molecule has 9 aliphatic heterocycles. The van der Waals surface area contributed by atoms with Crippen LogP contribution in [0.25, 0.3) is 0 Å². The molecular formula is C60H77F2N7. The molecule has 3 fully saturated rings. The number of halogens is 2. The number of unbranched alkanes of at least 4 members (excludes halogenated alkanes) is 1. The number of hydrogen-bond acceptors (Lipinski definition) is 7. The number of anilines is 3. The summed E-state index contributed by atoms with van der Waals surface area (Å²) < 4.78 is 26.0. The zero-order chi connectivity index (χ0) is 46.4. The fraction of sp³-hybridized carbons (Fsp3) is 0.500. The molecule has 366 valence electrons. The van der Waals surface area contributed by atoms with E-state index in [4.69, 9.17) is 5.73 Å². The summed E-state index contributed by atoms with van der Waals surface area (Å²) in [7, 11) is 0. The highest BCUT2D eigenvalue weighted by molar-refractivity contribution is 5.72. The summed E-state index contributed by atoms with van der Waals surface area (Å²) in [5.41, 5.74) is 22.4. The minimum absolute atomic E-state index is 0. The van der Waals surface area contributed by atoms with Crippen molar-refractivity contribution in [3.63, 3.8) is 0 Å². The second-order valence-corrected chi connectivity index (χ2v) is 21.8. The van der Waals surface area contributed by atoms with E-state index in [-0.39, 0.29) is 14.5 Å². The molecule has 0 amide bonds. The smallest absolute Gasteiger partial charge is 0.123 e. The number of fused-ring (bicyclic) bond motifs is 9. The Bertz CT molecular complexity index is 2600. The Balaban J connectivity index is 0.000000122. The summed E-state index contributed by atoms with van der Waals surface area (Å²) in [4.78, 5) is 16.0. The molecule has 69 heavy (non-hydrogen) atoms. The highest BCUT2D eigenvalue weighted by atomic mass is 19.1. The van der Waals surface area contributed by atoms with Gasteiger partial charge in [0.2, 0.25) is 0 Å². The first-order valence-electron chi connectivity index (χ1n) is 27.0. The number of hydrogen-bond donors (Lipinski definition) is 1. The molecule has 2 N–H and O–H groups in total. The van der Waals surface area contributed by atoms with Crippen molar-refractivity contribution in [1.29, 1.82) is 0 Å². The van der Waals surface area contributed by atoms with Gasteiger partial charge in [0.15, 0.2) is 0 Å². The van der Waals surface area contributed by atoms with Gasteiger partial charge < -0.3 is 35.1 Å². The molecule has 14 rings (SSSR count). The second-order valence-electron chi connectivity index (χ2n) is 21.8. The average molecular weight is 934 g/mol. The number of piperidine rings is 3. The minimum Gasteiger partial charge on any atom is -0.367 e.